The van der Waals surface area contributed by atoms with E-state index in [2.05, 4.69) is 10.6 Å². The fourth-order valence-corrected chi connectivity index (χ4v) is 1.76. The van der Waals surface area contributed by atoms with Crippen molar-refractivity contribution < 1.29 is 23.1 Å². The van der Waals surface area contributed by atoms with E-state index in [4.69, 9.17) is 4.74 Å². The lowest BCUT2D eigenvalue weighted by atomic mass is 10.1. The Balaban J connectivity index is 2.22. The predicted molar refractivity (Wildman–Crippen MR) is 81.9 cm³/mol. The van der Waals surface area contributed by atoms with E-state index >= 15 is 0 Å². The van der Waals surface area contributed by atoms with Crippen LogP contribution in [0, 0.1) is 11.6 Å². The molecule has 5 nitrogen and oxygen atoms in total. The van der Waals surface area contributed by atoms with E-state index in [1.54, 1.807) is 20.8 Å². The summed E-state index contributed by atoms with van der Waals surface area (Å²) in [5.74, 6) is -2.10. The Kier molecular flexibility index (Phi) is 6.93. The van der Waals surface area contributed by atoms with E-state index in [1.807, 2.05) is 0 Å². The number of amides is 2. The highest BCUT2D eigenvalue weighted by atomic mass is 19.2. The molecule has 0 saturated carbocycles. The van der Waals surface area contributed by atoms with Gasteiger partial charge in [0.25, 0.3) is 0 Å². The van der Waals surface area contributed by atoms with Gasteiger partial charge in [-0.2, -0.15) is 0 Å². The van der Waals surface area contributed by atoms with Gasteiger partial charge in [-0.1, -0.05) is 12.1 Å². The molecule has 1 aromatic rings. The molecule has 0 aromatic heterocycles. The van der Waals surface area contributed by atoms with Crippen LogP contribution in [-0.4, -0.2) is 30.7 Å². The summed E-state index contributed by atoms with van der Waals surface area (Å²) in [6.45, 7) is 5.54. The molecule has 1 aromatic carbocycles. The van der Waals surface area contributed by atoms with E-state index in [9.17, 15) is 18.4 Å². The van der Waals surface area contributed by atoms with Crippen LogP contribution in [0.3, 0.4) is 0 Å². The second-order valence-corrected chi connectivity index (χ2v) is 5.99. The van der Waals surface area contributed by atoms with Gasteiger partial charge in [-0.05, 0) is 38.8 Å². The number of ether oxygens (including phenoxy) is 1. The average molecular weight is 328 g/mol. The molecular weight excluding hydrogens is 306 g/mol. The zero-order valence-electron chi connectivity index (χ0n) is 13.5. The number of benzene rings is 1. The predicted octanol–water partition coefficient (Wildman–Crippen LogP) is 2.54. The molecule has 0 radical (unpaired) electrons. The van der Waals surface area contributed by atoms with Gasteiger partial charge in [0, 0.05) is 19.5 Å². The Hall–Kier alpha value is -2.18. The lowest BCUT2D eigenvalue weighted by Gasteiger charge is -2.19. The largest absolute Gasteiger partial charge is 0.444 e. The quantitative estimate of drug-likeness (QED) is 0.843. The van der Waals surface area contributed by atoms with Crippen LogP contribution >= 0.6 is 0 Å². The van der Waals surface area contributed by atoms with Crippen LogP contribution in [0.25, 0.3) is 0 Å². The van der Waals surface area contributed by atoms with Gasteiger partial charge in [-0.15, -0.1) is 0 Å². The Bertz CT molecular complexity index is 557. The van der Waals surface area contributed by atoms with Crippen molar-refractivity contribution in [2.45, 2.75) is 39.2 Å². The molecule has 0 saturated heterocycles. The minimum Gasteiger partial charge on any atom is -0.444 e. The van der Waals surface area contributed by atoms with Gasteiger partial charge < -0.3 is 15.4 Å². The molecule has 0 heterocycles. The number of hydrogen-bond acceptors (Lipinski definition) is 3. The number of carbonyl (C=O) groups is 2. The van der Waals surface area contributed by atoms with Gasteiger partial charge in [0.2, 0.25) is 5.91 Å². The monoisotopic (exact) mass is 328 g/mol. The van der Waals surface area contributed by atoms with Crippen LogP contribution in [0.15, 0.2) is 18.2 Å². The highest BCUT2D eigenvalue weighted by Gasteiger charge is 2.15. The molecule has 0 unspecified atom stereocenters. The van der Waals surface area contributed by atoms with Gasteiger partial charge in [-0.25, -0.2) is 13.6 Å². The van der Waals surface area contributed by atoms with Crippen LogP contribution in [0.5, 0.6) is 0 Å². The maximum Gasteiger partial charge on any atom is 0.407 e. The van der Waals surface area contributed by atoms with Crippen molar-refractivity contribution in [3.63, 3.8) is 0 Å². The third-order valence-electron chi connectivity index (χ3n) is 2.77. The average Bonchev–Trinajstić information content (AvgIpc) is 2.41. The first-order valence-corrected chi connectivity index (χ1v) is 7.35. The second kappa shape index (κ2) is 8.45. The molecule has 0 atom stereocenters. The first kappa shape index (κ1) is 18.9. The number of halogens is 2. The zero-order chi connectivity index (χ0) is 17.5. The highest BCUT2D eigenvalue weighted by Crippen LogP contribution is 2.11. The minimum absolute atomic E-state index is 0.0743. The molecule has 0 spiro atoms. The summed E-state index contributed by atoms with van der Waals surface area (Å²) < 4.78 is 31.4. The van der Waals surface area contributed by atoms with E-state index in [1.165, 1.54) is 12.1 Å². The van der Waals surface area contributed by atoms with Gasteiger partial charge >= 0.3 is 6.09 Å². The normalized spacial score (nSPS) is 11.0. The third-order valence-corrected chi connectivity index (χ3v) is 2.77. The summed E-state index contributed by atoms with van der Waals surface area (Å²) in [4.78, 5) is 22.9. The maximum absolute atomic E-state index is 13.4. The van der Waals surface area contributed by atoms with Crippen molar-refractivity contribution in [3.8, 4) is 0 Å². The standard InChI is InChI=1S/C16H22F2N2O3/c1-16(2,3)23-15(22)20-10-8-13(21)19-9-7-11-5-4-6-12(17)14(11)18/h4-6H,7-10H2,1-3H3,(H,19,21)(H,20,22). The van der Waals surface area contributed by atoms with E-state index in [-0.39, 0.29) is 37.4 Å². The van der Waals surface area contributed by atoms with E-state index in [0.29, 0.717) is 0 Å². The molecule has 2 amide bonds. The summed E-state index contributed by atoms with van der Waals surface area (Å²) in [6.07, 6.45) is -0.327. The molecule has 0 fully saturated rings. The molecule has 2 N–H and O–H groups in total. The number of hydrogen-bond donors (Lipinski definition) is 2. The van der Waals surface area contributed by atoms with Crippen molar-refractivity contribution in [2.75, 3.05) is 13.1 Å². The Labute approximate surface area is 134 Å². The fraction of sp³-hybridized carbons (Fsp3) is 0.500. The summed E-state index contributed by atoms with van der Waals surface area (Å²) in [5, 5.41) is 5.04. The lowest BCUT2D eigenvalue weighted by Crippen LogP contribution is -2.35. The zero-order valence-corrected chi connectivity index (χ0v) is 13.5. The molecule has 0 bridgehead atoms. The summed E-state index contributed by atoms with van der Waals surface area (Å²) in [7, 11) is 0. The van der Waals surface area contributed by atoms with Crippen molar-refractivity contribution in [1.29, 1.82) is 0 Å². The first-order chi connectivity index (χ1) is 10.7. The highest BCUT2D eigenvalue weighted by molar-refractivity contribution is 5.77. The molecule has 1 rings (SSSR count). The Morgan fingerprint density at radius 3 is 2.48 bits per heavy atom. The maximum atomic E-state index is 13.4. The van der Waals surface area contributed by atoms with Gasteiger partial charge in [0.05, 0.1) is 0 Å². The summed E-state index contributed by atoms with van der Waals surface area (Å²) >= 11 is 0. The van der Waals surface area contributed by atoms with E-state index in [0.717, 1.165) is 6.07 Å². The summed E-state index contributed by atoms with van der Waals surface area (Å²) in [5.41, 5.74) is -0.390. The van der Waals surface area contributed by atoms with Crippen LogP contribution in [0.1, 0.15) is 32.8 Å². The van der Waals surface area contributed by atoms with Crippen LogP contribution < -0.4 is 10.6 Å². The van der Waals surface area contributed by atoms with Crippen molar-refractivity contribution >= 4 is 12.0 Å². The van der Waals surface area contributed by atoms with Crippen molar-refractivity contribution in [2.24, 2.45) is 0 Å². The van der Waals surface area contributed by atoms with Gasteiger partial charge in [-0.3, -0.25) is 4.79 Å². The molecule has 128 valence electrons. The number of carbonyl (C=O) groups excluding carboxylic acids is 2. The lowest BCUT2D eigenvalue weighted by molar-refractivity contribution is -0.120. The summed E-state index contributed by atoms with van der Waals surface area (Å²) in [6, 6.07) is 3.93. The molecule has 0 aliphatic carbocycles. The number of alkyl carbamates (subject to hydrolysis) is 1. The number of rotatable bonds is 6. The molecule has 23 heavy (non-hydrogen) atoms. The smallest absolute Gasteiger partial charge is 0.407 e. The van der Waals surface area contributed by atoms with E-state index < -0.39 is 23.3 Å². The third kappa shape index (κ3) is 7.58. The van der Waals surface area contributed by atoms with Gasteiger partial charge in [0.1, 0.15) is 5.60 Å². The van der Waals surface area contributed by atoms with Crippen molar-refractivity contribution in [3.05, 3.63) is 35.4 Å². The van der Waals surface area contributed by atoms with Crippen LogP contribution in [0.4, 0.5) is 13.6 Å². The molecule has 0 aliphatic rings. The minimum atomic E-state index is -0.907. The Morgan fingerprint density at radius 1 is 1.13 bits per heavy atom. The van der Waals surface area contributed by atoms with Gasteiger partial charge in [0.15, 0.2) is 11.6 Å². The Morgan fingerprint density at radius 2 is 1.83 bits per heavy atom. The second-order valence-electron chi connectivity index (χ2n) is 5.99. The van der Waals surface area contributed by atoms with Crippen LogP contribution in [-0.2, 0) is 16.0 Å². The number of nitrogens with one attached hydrogen (secondary N) is 2. The van der Waals surface area contributed by atoms with Crippen LogP contribution in [0.2, 0.25) is 0 Å². The topological polar surface area (TPSA) is 67.4 Å². The fourth-order valence-electron chi connectivity index (χ4n) is 1.76. The molecular formula is C16H22F2N2O3. The van der Waals surface area contributed by atoms with Crippen molar-refractivity contribution in [1.82, 2.24) is 10.6 Å². The SMILES string of the molecule is CC(C)(C)OC(=O)NCCC(=O)NCCc1cccc(F)c1F. The first-order valence-electron chi connectivity index (χ1n) is 7.35. The molecule has 7 heteroatoms. The molecule has 0 aliphatic heterocycles.